The minimum atomic E-state index is 0.408. The van der Waals surface area contributed by atoms with Crippen LogP contribution in [0, 0.1) is 0 Å². The van der Waals surface area contributed by atoms with E-state index in [1.807, 2.05) is 54.6 Å². The van der Waals surface area contributed by atoms with Gasteiger partial charge in [0, 0.05) is 6.07 Å². The van der Waals surface area contributed by atoms with Crippen molar-refractivity contribution in [2.75, 3.05) is 24.9 Å². The van der Waals surface area contributed by atoms with Crippen molar-refractivity contribution in [3.05, 3.63) is 78.4 Å². The summed E-state index contributed by atoms with van der Waals surface area (Å²) in [6, 6.07) is 23.8. The molecule has 2 N–H and O–H groups in total. The molecule has 3 aromatic carbocycles. The Labute approximate surface area is 180 Å². The van der Waals surface area contributed by atoms with Crippen LogP contribution in [0.3, 0.4) is 0 Å². The Morgan fingerprint density at radius 3 is 2.47 bits per heavy atom. The van der Waals surface area contributed by atoms with E-state index in [1.54, 1.807) is 14.2 Å². The average Bonchev–Trinajstić information content (AvgIpc) is 3.11. The summed E-state index contributed by atoms with van der Waals surface area (Å²) < 4.78 is 12.8. The van der Waals surface area contributed by atoms with Crippen LogP contribution in [0.15, 0.2) is 72.8 Å². The smallest absolute Gasteiger partial charge is 0.210 e. The number of ether oxygens (including phenoxy) is 2. The second-order valence-corrected chi connectivity index (χ2v) is 7.05. The van der Waals surface area contributed by atoms with Crippen LogP contribution in [0.1, 0.15) is 5.56 Å². The number of imidazole rings is 1. The van der Waals surface area contributed by atoms with Gasteiger partial charge < -0.3 is 24.7 Å². The predicted octanol–water partition coefficient (Wildman–Crippen LogP) is 4.91. The van der Waals surface area contributed by atoms with E-state index in [4.69, 9.17) is 26.7 Å². The molecule has 0 atom stereocenters. The van der Waals surface area contributed by atoms with E-state index in [0.29, 0.717) is 34.8 Å². The van der Waals surface area contributed by atoms with Crippen molar-refractivity contribution in [3.8, 4) is 11.5 Å². The number of nitrogens with zero attached hydrogens (tertiary/aromatic N) is 2. The van der Waals surface area contributed by atoms with Gasteiger partial charge in [-0.05, 0) is 42.0 Å². The van der Waals surface area contributed by atoms with Crippen molar-refractivity contribution in [1.82, 2.24) is 9.55 Å². The fraction of sp³-hybridized carbons (Fsp3) is 0.130. The Morgan fingerprint density at radius 1 is 0.933 bits per heavy atom. The van der Waals surface area contributed by atoms with Crippen LogP contribution < -0.4 is 20.1 Å². The van der Waals surface area contributed by atoms with Crippen molar-refractivity contribution in [3.63, 3.8) is 0 Å². The van der Waals surface area contributed by atoms with Crippen molar-refractivity contribution >= 4 is 40.0 Å². The largest absolute Gasteiger partial charge is 0.497 e. The van der Waals surface area contributed by atoms with Gasteiger partial charge >= 0.3 is 0 Å². The number of methoxy groups -OCH3 is 2. The Kier molecular flexibility index (Phi) is 5.81. The van der Waals surface area contributed by atoms with Crippen molar-refractivity contribution in [2.45, 2.75) is 6.54 Å². The third kappa shape index (κ3) is 4.21. The highest BCUT2D eigenvalue weighted by Crippen LogP contribution is 2.29. The van der Waals surface area contributed by atoms with E-state index >= 15 is 0 Å². The number of para-hydroxylation sites is 2. The van der Waals surface area contributed by atoms with E-state index in [1.165, 1.54) is 5.56 Å². The third-order valence-corrected chi connectivity index (χ3v) is 4.92. The van der Waals surface area contributed by atoms with Crippen molar-refractivity contribution in [1.29, 1.82) is 0 Å². The summed E-state index contributed by atoms with van der Waals surface area (Å²) in [6.45, 7) is 0.675. The number of rotatable bonds is 6. The summed E-state index contributed by atoms with van der Waals surface area (Å²) >= 11 is 5.56. The Bertz CT molecular complexity index is 1170. The number of aromatic nitrogens is 2. The Morgan fingerprint density at radius 2 is 1.70 bits per heavy atom. The molecule has 4 rings (SSSR count). The maximum Gasteiger partial charge on any atom is 0.210 e. The van der Waals surface area contributed by atoms with Gasteiger partial charge in [0.1, 0.15) is 11.5 Å². The molecule has 0 saturated heterocycles. The maximum atomic E-state index is 5.56. The number of nitrogens with one attached hydrogen (secondary N) is 2. The van der Waals surface area contributed by atoms with Crippen LogP contribution in [0.2, 0.25) is 0 Å². The second kappa shape index (κ2) is 8.84. The number of hydrogen-bond acceptors (Lipinski definition) is 4. The van der Waals surface area contributed by atoms with Crippen LogP contribution in [-0.4, -0.2) is 28.9 Å². The van der Waals surface area contributed by atoms with Gasteiger partial charge in [-0.3, -0.25) is 0 Å². The third-order valence-electron chi connectivity index (χ3n) is 4.72. The zero-order valence-electron chi connectivity index (χ0n) is 16.8. The van der Waals surface area contributed by atoms with Crippen LogP contribution >= 0.6 is 12.2 Å². The van der Waals surface area contributed by atoms with E-state index in [-0.39, 0.29) is 0 Å². The topological polar surface area (TPSA) is 60.3 Å². The SMILES string of the molecule is COc1ccc(OC)c(NC(=S)Nc2nc3ccccc3n2Cc2ccccc2)c1. The zero-order valence-corrected chi connectivity index (χ0v) is 17.6. The molecule has 30 heavy (non-hydrogen) atoms. The lowest BCUT2D eigenvalue weighted by Gasteiger charge is -2.15. The summed E-state index contributed by atoms with van der Waals surface area (Å²) in [4.78, 5) is 4.74. The summed E-state index contributed by atoms with van der Waals surface area (Å²) in [6.07, 6.45) is 0. The molecule has 0 aliphatic heterocycles. The van der Waals surface area contributed by atoms with E-state index in [0.717, 1.165) is 11.0 Å². The molecule has 0 amide bonds. The van der Waals surface area contributed by atoms with Gasteiger partial charge in [0.15, 0.2) is 5.11 Å². The molecular weight excluding hydrogens is 396 g/mol. The summed E-state index contributed by atoms with van der Waals surface area (Å²) in [5.74, 6) is 2.04. The fourth-order valence-electron chi connectivity index (χ4n) is 3.26. The van der Waals surface area contributed by atoms with Gasteiger partial charge in [-0.2, -0.15) is 0 Å². The Hall–Kier alpha value is -3.58. The molecule has 0 unspecified atom stereocenters. The molecule has 0 aliphatic carbocycles. The molecular formula is C23H22N4O2S. The molecule has 0 spiro atoms. The van der Waals surface area contributed by atoms with Gasteiger partial charge in [0.25, 0.3) is 0 Å². The molecule has 6 nitrogen and oxygen atoms in total. The first-order valence-corrected chi connectivity index (χ1v) is 9.88. The molecule has 7 heteroatoms. The maximum absolute atomic E-state index is 5.56. The predicted molar refractivity (Wildman–Crippen MR) is 125 cm³/mol. The minimum Gasteiger partial charge on any atom is -0.497 e. The first kappa shape index (κ1) is 19.7. The molecule has 0 radical (unpaired) electrons. The van der Waals surface area contributed by atoms with Crippen LogP contribution in [0.4, 0.5) is 11.6 Å². The van der Waals surface area contributed by atoms with Gasteiger partial charge in [0.2, 0.25) is 5.95 Å². The van der Waals surface area contributed by atoms with Gasteiger partial charge in [0.05, 0.1) is 37.5 Å². The lowest BCUT2D eigenvalue weighted by atomic mass is 10.2. The lowest BCUT2D eigenvalue weighted by Crippen LogP contribution is -2.22. The summed E-state index contributed by atoms with van der Waals surface area (Å²) in [5, 5.41) is 6.82. The van der Waals surface area contributed by atoms with E-state index < -0.39 is 0 Å². The Balaban J connectivity index is 1.62. The molecule has 152 valence electrons. The van der Waals surface area contributed by atoms with Crippen molar-refractivity contribution in [2.24, 2.45) is 0 Å². The first-order valence-electron chi connectivity index (χ1n) is 9.47. The zero-order chi connectivity index (χ0) is 20.9. The number of hydrogen-bond donors (Lipinski definition) is 2. The van der Waals surface area contributed by atoms with E-state index in [9.17, 15) is 0 Å². The lowest BCUT2D eigenvalue weighted by molar-refractivity contribution is 0.405. The summed E-state index contributed by atoms with van der Waals surface area (Å²) in [5.41, 5.74) is 3.82. The highest BCUT2D eigenvalue weighted by atomic mass is 32.1. The molecule has 0 bridgehead atoms. The van der Waals surface area contributed by atoms with Crippen molar-refractivity contribution < 1.29 is 9.47 Å². The minimum absolute atomic E-state index is 0.408. The highest BCUT2D eigenvalue weighted by molar-refractivity contribution is 7.80. The van der Waals surface area contributed by atoms with Crippen LogP contribution in [0.5, 0.6) is 11.5 Å². The molecule has 0 aliphatic rings. The summed E-state index contributed by atoms with van der Waals surface area (Å²) in [7, 11) is 3.23. The van der Waals surface area contributed by atoms with Crippen LogP contribution in [-0.2, 0) is 6.54 Å². The molecule has 0 saturated carbocycles. The molecule has 0 fully saturated rings. The number of fused-ring (bicyclic) bond motifs is 1. The van der Waals surface area contributed by atoms with Gasteiger partial charge in [-0.15, -0.1) is 0 Å². The number of thiocarbonyl (C=S) groups is 1. The molecule has 4 aromatic rings. The quantitative estimate of drug-likeness (QED) is 0.434. The first-order chi connectivity index (χ1) is 14.7. The monoisotopic (exact) mass is 418 g/mol. The average molecular weight is 419 g/mol. The van der Waals surface area contributed by atoms with Gasteiger partial charge in [-0.1, -0.05) is 42.5 Å². The van der Waals surface area contributed by atoms with Gasteiger partial charge in [-0.25, -0.2) is 4.98 Å². The molecule has 1 aromatic heterocycles. The fourth-order valence-corrected chi connectivity index (χ4v) is 3.47. The molecule has 1 heterocycles. The highest BCUT2D eigenvalue weighted by Gasteiger charge is 2.13. The standard InChI is InChI=1S/C23H22N4O2S/c1-28-17-12-13-21(29-2)19(14-17)25-23(30)26-22-24-18-10-6-7-11-20(18)27(22)15-16-8-4-3-5-9-16/h3-14H,15H2,1-2H3,(H2,24,25,26,30). The normalized spacial score (nSPS) is 10.6. The number of anilines is 2. The second-order valence-electron chi connectivity index (χ2n) is 6.64. The van der Waals surface area contributed by atoms with E-state index in [2.05, 4.69) is 33.4 Å². The van der Waals surface area contributed by atoms with Crippen LogP contribution in [0.25, 0.3) is 11.0 Å². The number of benzene rings is 3.